The van der Waals surface area contributed by atoms with Crippen LogP contribution >= 0.6 is 0 Å². The van der Waals surface area contributed by atoms with Crippen molar-refractivity contribution in [2.75, 3.05) is 10.5 Å². The van der Waals surface area contributed by atoms with Crippen molar-refractivity contribution >= 4 is 32.5 Å². The topological polar surface area (TPSA) is 114 Å². The summed E-state index contributed by atoms with van der Waals surface area (Å²) in [6.45, 7) is 8.60. The molecule has 0 saturated carbocycles. The number of anilines is 1. The number of aryl methyl sites for hydroxylation is 1. The summed E-state index contributed by atoms with van der Waals surface area (Å²) in [6, 6.07) is 7.59. The second-order valence-electron chi connectivity index (χ2n) is 10.3. The molecule has 0 amide bonds. The zero-order valence-corrected chi connectivity index (χ0v) is 24.8. The number of carbonyl (C=O) groups is 1. The number of nitrogens with one attached hydrogen (secondary N) is 2. The molecule has 1 heterocycles. The number of sulfonamides is 1. The van der Waals surface area contributed by atoms with Gasteiger partial charge in [-0.3, -0.25) is 14.3 Å². The largest absolute Gasteiger partial charge is 0.318 e. The van der Waals surface area contributed by atoms with Crippen LogP contribution < -0.4 is 15.0 Å². The summed E-state index contributed by atoms with van der Waals surface area (Å²) < 4.78 is 72.3. The average Bonchev–Trinajstić information content (AvgIpc) is 2.89. The first kappa shape index (κ1) is 31.3. The Balaban J connectivity index is 2.36. The first-order valence-electron chi connectivity index (χ1n) is 12.6. The van der Waals surface area contributed by atoms with E-state index in [1.807, 2.05) is 6.92 Å². The SMILES string of the molecule is CC[C@H](N[S@@](=O)C(C)(C)C)c1cc(=O)n(C)cc1-c1cc(NS(=O)(=O)CC)c(F)cc1C(=O)c1ccc(F)cc1. The molecule has 0 saturated heterocycles. The highest BCUT2D eigenvalue weighted by atomic mass is 32.2. The monoisotopic (exact) mass is 593 g/mol. The first-order chi connectivity index (χ1) is 18.6. The number of carbonyl (C=O) groups excluding carboxylic acids is 1. The number of halogens is 2. The lowest BCUT2D eigenvalue weighted by Crippen LogP contribution is -2.36. The maximum atomic E-state index is 15.3. The Morgan fingerprint density at radius 3 is 2.23 bits per heavy atom. The van der Waals surface area contributed by atoms with Crippen molar-refractivity contribution in [3.05, 3.63) is 87.3 Å². The van der Waals surface area contributed by atoms with Crippen LogP contribution in [0.15, 0.2) is 53.5 Å². The highest BCUT2D eigenvalue weighted by molar-refractivity contribution is 7.92. The van der Waals surface area contributed by atoms with E-state index in [-0.39, 0.29) is 33.7 Å². The summed E-state index contributed by atoms with van der Waals surface area (Å²) in [5.74, 6) is -2.50. The van der Waals surface area contributed by atoms with Gasteiger partial charge in [0.1, 0.15) is 11.6 Å². The molecule has 0 bridgehead atoms. The number of hydrogen-bond donors (Lipinski definition) is 2. The van der Waals surface area contributed by atoms with Gasteiger partial charge in [-0.05, 0) is 81.6 Å². The van der Waals surface area contributed by atoms with Gasteiger partial charge in [-0.25, -0.2) is 26.1 Å². The minimum Gasteiger partial charge on any atom is -0.318 e. The second kappa shape index (κ2) is 12.1. The number of hydrogen-bond acceptors (Lipinski definition) is 5. The van der Waals surface area contributed by atoms with E-state index in [0.717, 1.165) is 18.2 Å². The first-order valence-corrected chi connectivity index (χ1v) is 15.4. The molecule has 0 unspecified atom stereocenters. The molecule has 3 rings (SSSR count). The number of pyridine rings is 1. The maximum Gasteiger partial charge on any atom is 0.250 e. The molecule has 2 aromatic carbocycles. The molecule has 216 valence electrons. The van der Waals surface area contributed by atoms with Gasteiger partial charge in [0.05, 0.1) is 27.2 Å². The Hall–Kier alpha value is -3.22. The van der Waals surface area contributed by atoms with Crippen LogP contribution in [0.3, 0.4) is 0 Å². The third kappa shape index (κ3) is 7.10. The number of nitrogens with zero attached hydrogens (tertiary/aromatic N) is 1. The molecule has 40 heavy (non-hydrogen) atoms. The summed E-state index contributed by atoms with van der Waals surface area (Å²) in [5.41, 5.74) is 0.0519. The van der Waals surface area contributed by atoms with Crippen molar-refractivity contribution in [3.8, 4) is 11.1 Å². The smallest absolute Gasteiger partial charge is 0.250 e. The summed E-state index contributed by atoms with van der Waals surface area (Å²) in [4.78, 5) is 26.4. The van der Waals surface area contributed by atoms with Crippen molar-refractivity contribution < 1.29 is 26.2 Å². The van der Waals surface area contributed by atoms with Gasteiger partial charge in [-0.15, -0.1) is 0 Å². The zero-order chi connectivity index (χ0) is 30.0. The second-order valence-corrected chi connectivity index (χ2v) is 14.3. The fourth-order valence-corrected chi connectivity index (χ4v) is 5.43. The van der Waals surface area contributed by atoms with Crippen molar-refractivity contribution in [2.24, 2.45) is 7.05 Å². The van der Waals surface area contributed by atoms with Crippen LogP contribution in [0.2, 0.25) is 0 Å². The van der Waals surface area contributed by atoms with Crippen LogP contribution in [0.25, 0.3) is 11.1 Å². The quantitative estimate of drug-likeness (QED) is 0.327. The fraction of sp³-hybridized carbons (Fsp3) is 0.357. The normalized spacial score (nSPS) is 13.6. The Bertz CT molecular complexity index is 1610. The average molecular weight is 594 g/mol. The maximum absolute atomic E-state index is 15.3. The van der Waals surface area contributed by atoms with E-state index < -0.39 is 49.2 Å². The summed E-state index contributed by atoms with van der Waals surface area (Å²) in [6.07, 6.45) is 1.87. The van der Waals surface area contributed by atoms with Crippen LogP contribution in [0, 0.1) is 11.6 Å². The van der Waals surface area contributed by atoms with E-state index in [2.05, 4.69) is 9.44 Å². The highest BCUT2D eigenvalue weighted by Gasteiger charge is 2.28. The molecule has 12 heteroatoms. The van der Waals surface area contributed by atoms with E-state index in [1.54, 1.807) is 20.8 Å². The molecule has 3 aromatic rings. The van der Waals surface area contributed by atoms with Crippen LogP contribution in [-0.4, -0.2) is 33.5 Å². The Morgan fingerprint density at radius 1 is 1.05 bits per heavy atom. The Morgan fingerprint density at radius 2 is 1.68 bits per heavy atom. The molecule has 2 N–H and O–H groups in total. The minimum atomic E-state index is -3.89. The number of rotatable bonds is 10. The molecule has 0 aliphatic rings. The van der Waals surface area contributed by atoms with Gasteiger partial charge >= 0.3 is 0 Å². The molecule has 0 fully saturated rings. The van der Waals surface area contributed by atoms with Gasteiger partial charge in [0.2, 0.25) is 10.0 Å². The van der Waals surface area contributed by atoms with Crippen molar-refractivity contribution in [2.45, 2.75) is 51.8 Å². The third-order valence-corrected chi connectivity index (χ3v) is 9.15. The van der Waals surface area contributed by atoms with Gasteiger partial charge < -0.3 is 4.57 Å². The zero-order valence-electron chi connectivity index (χ0n) is 23.2. The van der Waals surface area contributed by atoms with Crippen LogP contribution in [-0.2, 0) is 28.1 Å². The summed E-state index contributed by atoms with van der Waals surface area (Å²) >= 11 is 0. The van der Waals surface area contributed by atoms with Gasteiger partial charge in [0.25, 0.3) is 5.56 Å². The van der Waals surface area contributed by atoms with E-state index in [4.69, 9.17) is 0 Å². The Kier molecular flexibility index (Phi) is 9.48. The predicted molar refractivity (Wildman–Crippen MR) is 154 cm³/mol. The van der Waals surface area contributed by atoms with E-state index >= 15 is 4.39 Å². The molecule has 2 atom stereocenters. The molecule has 0 radical (unpaired) electrons. The minimum absolute atomic E-state index is 0.0781. The fourth-order valence-electron chi connectivity index (χ4n) is 3.89. The van der Waals surface area contributed by atoms with Crippen LogP contribution in [0.1, 0.15) is 68.6 Å². The molecule has 0 aliphatic carbocycles. The van der Waals surface area contributed by atoms with Gasteiger partial charge in [0.15, 0.2) is 5.78 Å². The molecular formula is C28H33F2N3O5S2. The van der Waals surface area contributed by atoms with E-state index in [9.17, 15) is 26.6 Å². The van der Waals surface area contributed by atoms with Crippen molar-refractivity contribution in [1.82, 2.24) is 9.29 Å². The lowest BCUT2D eigenvalue weighted by molar-refractivity contribution is 0.103. The van der Waals surface area contributed by atoms with Crippen molar-refractivity contribution in [3.63, 3.8) is 0 Å². The van der Waals surface area contributed by atoms with Gasteiger partial charge in [0, 0.05) is 42.0 Å². The van der Waals surface area contributed by atoms with Crippen LogP contribution in [0.5, 0.6) is 0 Å². The number of aromatic nitrogens is 1. The van der Waals surface area contributed by atoms with Crippen molar-refractivity contribution in [1.29, 1.82) is 0 Å². The standard InChI is InChI=1S/C28H33F2N3O5S2/c1-7-24(31-39(36)28(3,4)5)20-15-26(34)33(6)16-22(20)19-14-25(32-40(37,38)8-2)23(30)13-21(19)27(35)17-9-11-18(29)12-10-17/h9-16,24,31-32H,7-8H2,1-6H3/t24-,39-/m0/s1. The lowest BCUT2D eigenvalue weighted by Gasteiger charge is -2.26. The molecule has 1 aromatic heterocycles. The summed E-state index contributed by atoms with van der Waals surface area (Å²) in [7, 11) is -3.91. The molecule has 8 nitrogen and oxygen atoms in total. The lowest BCUT2D eigenvalue weighted by atomic mass is 9.89. The number of benzene rings is 2. The van der Waals surface area contributed by atoms with Gasteiger partial charge in [-0.1, -0.05) is 6.92 Å². The summed E-state index contributed by atoms with van der Waals surface area (Å²) in [5, 5.41) is 0. The molecular weight excluding hydrogens is 560 g/mol. The number of ketones is 1. The molecule has 0 aliphatic heterocycles. The van der Waals surface area contributed by atoms with Gasteiger partial charge in [-0.2, -0.15) is 0 Å². The molecule has 0 spiro atoms. The van der Waals surface area contributed by atoms with E-state index in [1.165, 1.54) is 49.0 Å². The third-order valence-electron chi connectivity index (χ3n) is 6.24. The van der Waals surface area contributed by atoms with Crippen LogP contribution in [0.4, 0.5) is 14.5 Å². The highest BCUT2D eigenvalue weighted by Crippen LogP contribution is 2.36. The van der Waals surface area contributed by atoms with E-state index in [0.29, 0.717) is 17.5 Å². The Labute approximate surface area is 235 Å². The predicted octanol–water partition coefficient (Wildman–Crippen LogP) is 4.83.